The lowest BCUT2D eigenvalue weighted by Crippen LogP contribution is -2.27. The highest BCUT2D eigenvalue weighted by Gasteiger charge is 2.29. The van der Waals surface area contributed by atoms with Crippen LogP contribution >= 0.6 is 11.3 Å². The average molecular weight is 310 g/mol. The molecule has 1 aliphatic carbocycles. The number of ether oxygens (including phenoxy) is 1. The molecule has 0 unspecified atom stereocenters. The van der Waals surface area contributed by atoms with Gasteiger partial charge in [-0.05, 0) is 25.8 Å². The molecule has 1 aromatic heterocycles. The first-order valence-electron chi connectivity index (χ1n) is 7.43. The van der Waals surface area contributed by atoms with Crippen LogP contribution in [0.2, 0.25) is 0 Å². The van der Waals surface area contributed by atoms with Crippen molar-refractivity contribution in [2.75, 3.05) is 43.9 Å². The first-order chi connectivity index (χ1) is 10.2. The molecular weight excluding hydrogens is 288 g/mol. The van der Waals surface area contributed by atoms with Crippen LogP contribution in [0.5, 0.6) is 5.75 Å². The molecule has 4 N–H and O–H groups in total. The number of methoxy groups -OCH3 is 1. The Hall–Kier alpha value is -1.47. The van der Waals surface area contributed by atoms with Crippen molar-refractivity contribution in [3.05, 3.63) is 4.88 Å². The Labute approximate surface area is 128 Å². The van der Waals surface area contributed by atoms with Gasteiger partial charge in [-0.2, -0.15) is 0 Å². The van der Waals surface area contributed by atoms with E-state index in [2.05, 4.69) is 15.5 Å². The second-order valence-corrected chi connectivity index (χ2v) is 6.52. The van der Waals surface area contributed by atoms with Crippen LogP contribution in [0.1, 0.15) is 28.9 Å². The van der Waals surface area contributed by atoms with Crippen LogP contribution in [0, 0.1) is 0 Å². The highest BCUT2D eigenvalue weighted by Crippen LogP contribution is 2.45. The van der Waals surface area contributed by atoms with Gasteiger partial charge in [0.2, 0.25) is 0 Å². The van der Waals surface area contributed by atoms with Crippen molar-refractivity contribution in [3.8, 4) is 5.75 Å². The van der Waals surface area contributed by atoms with E-state index >= 15 is 0 Å². The van der Waals surface area contributed by atoms with E-state index in [9.17, 15) is 4.79 Å². The molecule has 1 aromatic rings. The topological polar surface area (TPSA) is 79.6 Å². The standard InChI is InChI=1S/C14H22N4O2S/c1-20-11-10(15)12(13(19)17-9-3-4-9)21-14(11)18-7-2-5-16-6-8-18/h9,16H,2-8,15H2,1H3,(H,17,19). The Kier molecular flexibility index (Phi) is 4.21. The Balaban J connectivity index is 1.86. The van der Waals surface area contributed by atoms with Gasteiger partial charge in [-0.1, -0.05) is 0 Å². The third kappa shape index (κ3) is 3.08. The molecule has 0 bridgehead atoms. The molecule has 0 spiro atoms. The normalized spacial score (nSPS) is 19.2. The maximum Gasteiger partial charge on any atom is 0.263 e. The van der Waals surface area contributed by atoms with E-state index in [4.69, 9.17) is 10.5 Å². The van der Waals surface area contributed by atoms with Gasteiger partial charge < -0.3 is 26.0 Å². The Morgan fingerprint density at radius 2 is 2.24 bits per heavy atom. The maximum atomic E-state index is 12.3. The minimum atomic E-state index is -0.0718. The first kappa shape index (κ1) is 14.5. The van der Waals surface area contributed by atoms with E-state index in [0.29, 0.717) is 22.4 Å². The molecule has 0 radical (unpaired) electrons. The van der Waals surface area contributed by atoms with Crippen LogP contribution in [-0.2, 0) is 0 Å². The van der Waals surface area contributed by atoms with Crippen molar-refractivity contribution < 1.29 is 9.53 Å². The molecule has 1 saturated heterocycles. The van der Waals surface area contributed by atoms with E-state index in [1.165, 1.54) is 11.3 Å². The number of carbonyl (C=O) groups is 1. The van der Waals surface area contributed by atoms with Crippen molar-refractivity contribution in [2.45, 2.75) is 25.3 Å². The Bertz CT molecular complexity index is 519. The van der Waals surface area contributed by atoms with Gasteiger partial charge >= 0.3 is 0 Å². The molecule has 21 heavy (non-hydrogen) atoms. The quantitative estimate of drug-likeness (QED) is 0.774. The third-order valence-electron chi connectivity index (χ3n) is 3.83. The smallest absolute Gasteiger partial charge is 0.263 e. The summed E-state index contributed by atoms with van der Waals surface area (Å²) in [6.07, 6.45) is 3.21. The molecule has 3 rings (SSSR count). The highest BCUT2D eigenvalue weighted by atomic mass is 32.1. The van der Waals surface area contributed by atoms with Crippen LogP contribution in [-0.4, -0.2) is 45.2 Å². The zero-order valence-corrected chi connectivity index (χ0v) is 13.1. The maximum absolute atomic E-state index is 12.3. The number of thiophene rings is 1. The van der Waals surface area contributed by atoms with Gasteiger partial charge in [0.05, 0.1) is 7.11 Å². The molecule has 2 aliphatic rings. The van der Waals surface area contributed by atoms with Crippen molar-refractivity contribution >= 4 is 27.9 Å². The third-order valence-corrected chi connectivity index (χ3v) is 5.08. The highest BCUT2D eigenvalue weighted by molar-refractivity contribution is 7.19. The van der Waals surface area contributed by atoms with Crippen LogP contribution in [0.25, 0.3) is 0 Å². The number of nitrogen functional groups attached to an aromatic ring is 1. The van der Waals surface area contributed by atoms with Gasteiger partial charge in [0.25, 0.3) is 5.91 Å². The summed E-state index contributed by atoms with van der Waals surface area (Å²) in [6, 6.07) is 0.329. The van der Waals surface area contributed by atoms with Crippen LogP contribution < -0.4 is 26.0 Å². The van der Waals surface area contributed by atoms with Gasteiger partial charge in [-0.15, -0.1) is 11.3 Å². The second-order valence-electron chi connectivity index (χ2n) is 5.52. The summed E-state index contributed by atoms with van der Waals surface area (Å²) in [5.41, 5.74) is 6.61. The summed E-state index contributed by atoms with van der Waals surface area (Å²) in [4.78, 5) is 15.1. The summed E-state index contributed by atoms with van der Waals surface area (Å²) < 4.78 is 5.46. The molecular formula is C14H22N4O2S. The van der Waals surface area contributed by atoms with Crippen LogP contribution in [0.15, 0.2) is 0 Å². The van der Waals surface area contributed by atoms with Crippen LogP contribution in [0.4, 0.5) is 10.7 Å². The van der Waals surface area contributed by atoms with Gasteiger partial charge in [0.1, 0.15) is 15.6 Å². The van der Waals surface area contributed by atoms with E-state index in [1.54, 1.807) is 7.11 Å². The number of hydrogen-bond acceptors (Lipinski definition) is 6. The molecule has 116 valence electrons. The molecule has 0 atom stereocenters. The fourth-order valence-corrected chi connectivity index (χ4v) is 3.66. The van der Waals surface area contributed by atoms with Crippen molar-refractivity contribution in [1.29, 1.82) is 0 Å². The fraction of sp³-hybridized carbons (Fsp3) is 0.643. The predicted octanol–water partition coefficient (Wildman–Crippen LogP) is 1.03. The van der Waals surface area contributed by atoms with E-state index in [0.717, 1.165) is 50.4 Å². The molecule has 2 fully saturated rings. The number of rotatable bonds is 4. The van der Waals surface area contributed by atoms with Crippen molar-refractivity contribution in [3.63, 3.8) is 0 Å². The van der Waals surface area contributed by atoms with Gasteiger partial charge in [0, 0.05) is 25.7 Å². The number of nitrogens with one attached hydrogen (secondary N) is 2. The summed E-state index contributed by atoms with van der Waals surface area (Å²) in [6.45, 7) is 3.81. The van der Waals surface area contributed by atoms with Gasteiger partial charge in [-0.3, -0.25) is 4.79 Å². The molecule has 6 nitrogen and oxygen atoms in total. The lowest BCUT2D eigenvalue weighted by Gasteiger charge is -2.21. The minimum Gasteiger partial charge on any atom is -0.492 e. The largest absolute Gasteiger partial charge is 0.492 e. The molecule has 0 aromatic carbocycles. The van der Waals surface area contributed by atoms with Gasteiger partial charge in [-0.25, -0.2) is 0 Å². The van der Waals surface area contributed by atoms with Crippen molar-refractivity contribution in [1.82, 2.24) is 10.6 Å². The molecule has 2 heterocycles. The molecule has 7 heteroatoms. The predicted molar refractivity (Wildman–Crippen MR) is 85.5 cm³/mol. The second kappa shape index (κ2) is 6.11. The Morgan fingerprint density at radius 1 is 1.43 bits per heavy atom. The van der Waals surface area contributed by atoms with Crippen LogP contribution in [0.3, 0.4) is 0 Å². The summed E-state index contributed by atoms with van der Waals surface area (Å²) >= 11 is 1.44. The zero-order chi connectivity index (χ0) is 14.8. The number of nitrogens with zero attached hydrogens (tertiary/aromatic N) is 1. The summed E-state index contributed by atoms with van der Waals surface area (Å²) in [7, 11) is 1.61. The van der Waals surface area contributed by atoms with Gasteiger partial charge in [0.15, 0.2) is 5.75 Å². The monoisotopic (exact) mass is 310 g/mol. The Morgan fingerprint density at radius 3 is 2.95 bits per heavy atom. The number of carbonyl (C=O) groups excluding carboxylic acids is 1. The summed E-state index contributed by atoms with van der Waals surface area (Å²) in [5.74, 6) is 0.570. The molecule has 1 saturated carbocycles. The zero-order valence-electron chi connectivity index (χ0n) is 12.3. The molecule has 1 amide bonds. The summed E-state index contributed by atoms with van der Waals surface area (Å²) in [5, 5.41) is 7.34. The number of nitrogens with two attached hydrogens (primary N) is 1. The number of amides is 1. The SMILES string of the molecule is COc1c(N2CCCNCC2)sc(C(=O)NC2CC2)c1N. The van der Waals surface area contributed by atoms with E-state index < -0.39 is 0 Å². The van der Waals surface area contributed by atoms with Crippen molar-refractivity contribution in [2.24, 2.45) is 0 Å². The number of hydrogen-bond donors (Lipinski definition) is 3. The molecule has 1 aliphatic heterocycles. The minimum absolute atomic E-state index is 0.0718. The lowest BCUT2D eigenvalue weighted by atomic mass is 10.3. The fourth-order valence-electron chi connectivity index (χ4n) is 2.52. The first-order valence-corrected chi connectivity index (χ1v) is 8.25. The number of anilines is 2. The lowest BCUT2D eigenvalue weighted by molar-refractivity contribution is 0.0956. The average Bonchev–Trinajstić information content (AvgIpc) is 3.25. The van der Waals surface area contributed by atoms with E-state index in [-0.39, 0.29) is 5.91 Å². The van der Waals surface area contributed by atoms with E-state index in [1.807, 2.05) is 0 Å².